The van der Waals surface area contributed by atoms with Gasteiger partial charge >= 0.3 is 5.69 Å². The van der Waals surface area contributed by atoms with Gasteiger partial charge in [0.25, 0.3) is 5.56 Å². The van der Waals surface area contributed by atoms with Crippen LogP contribution in [-0.2, 0) is 11.3 Å². The number of H-pyrrole nitrogens is 1. The Kier molecular flexibility index (Phi) is 4.14. The number of ketones is 1. The Morgan fingerprint density at radius 3 is 2.46 bits per heavy atom. The van der Waals surface area contributed by atoms with Gasteiger partial charge in [0.2, 0.25) is 0 Å². The number of carbonyl (C=O) groups is 1. The van der Waals surface area contributed by atoms with Crippen molar-refractivity contribution in [2.75, 3.05) is 5.32 Å². The smallest absolute Gasteiger partial charge is 0.329 e. The molecule has 1 aliphatic carbocycles. The van der Waals surface area contributed by atoms with Crippen molar-refractivity contribution in [2.45, 2.75) is 46.1 Å². The number of aromatic amines is 1. The summed E-state index contributed by atoms with van der Waals surface area (Å²) in [5.74, 6) is -0.657. The summed E-state index contributed by atoms with van der Waals surface area (Å²) < 4.78 is 15.0. The third-order valence-electron chi connectivity index (χ3n) is 5.52. The molecule has 2 aromatic rings. The zero-order valence-corrected chi connectivity index (χ0v) is 16.1. The average Bonchev–Trinajstić information content (AvgIpc) is 2.60. The van der Waals surface area contributed by atoms with Gasteiger partial charge in [0.15, 0.2) is 5.78 Å². The minimum Gasteiger partial charge on any atom is -0.344 e. The van der Waals surface area contributed by atoms with Crippen molar-refractivity contribution >= 4 is 11.6 Å². The van der Waals surface area contributed by atoms with Gasteiger partial charge < -0.3 is 5.32 Å². The molecule has 2 heterocycles. The Hall–Kier alpha value is -2.96. The predicted molar refractivity (Wildman–Crippen MR) is 104 cm³/mol. The van der Waals surface area contributed by atoms with E-state index in [9.17, 15) is 18.8 Å². The van der Waals surface area contributed by atoms with Crippen LogP contribution in [0.4, 0.5) is 10.2 Å². The standard InChI is InChI=1S/C21H22FN3O3/c1-4-25-18-17(19(27)24-20(25)28)15(11-5-7-12(22)8-6-11)16-13(23-18)9-21(2,3)10-14(16)26/h5-8,15,23H,4,9-10H2,1-3H3,(H,24,27,28)/t15-/m0/s1. The molecule has 2 aliphatic rings. The zero-order valence-electron chi connectivity index (χ0n) is 16.1. The van der Waals surface area contributed by atoms with Gasteiger partial charge in [-0.05, 0) is 36.5 Å². The highest BCUT2D eigenvalue weighted by molar-refractivity contribution is 6.01. The van der Waals surface area contributed by atoms with Crippen LogP contribution in [-0.4, -0.2) is 15.3 Å². The Balaban J connectivity index is 2.05. The van der Waals surface area contributed by atoms with E-state index in [0.29, 0.717) is 41.9 Å². The highest BCUT2D eigenvalue weighted by atomic mass is 19.1. The summed E-state index contributed by atoms with van der Waals surface area (Å²) >= 11 is 0. The molecular formula is C21H22FN3O3. The van der Waals surface area contributed by atoms with Gasteiger partial charge in [-0.2, -0.15) is 0 Å². The second kappa shape index (κ2) is 6.29. The minimum atomic E-state index is -0.641. The van der Waals surface area contributed by atoms with E-state index in [-0.39, 0.29) is 11.2 Å². The first-order chi connectivity index (χ1) is 13.2. The van der Waals surface area contributed by atoms with E-state index in [0.717, 1.165) is 5.70 Å². The van der Waals surface area contributed by atoms with Crippen LogP contribution in [0.5, 0.6) is 0 Å². The van der Waals surface area contributed by atoms with Gasteiger partial charge in [0, 0.05) is 30.2 Å². The number of hydrogen-bond donors (Lipinski definition) is 2. The molecule has 0 unspecified atom stereocenters. The molecule has 0 saturated carbocycles. The van der Waals surface area contributed by atoms with E-state index in [1.54, 1.807) is 12.1 Å². The second-order valence-corrected chi connectivity index (χ2v) is 8.21. The summed E-state index contributed by atoms with van der Waals surface area (Å²) in [6.07, 6.45) is 0.988. The maximum atomic E-state index is 13.5. The third-order valence-corrected chi connectivity index (χ3v) is 5.52. The SMILES string of the molecule is CCn1c2c(c(=O)[nH]c1=O)[C@@H](c1ccc(F)cc1)C1=C(CC(C)(C)CC1=O)N2. The maximum absolute atomic E-state index is 13.5. The number of benzene rings is 1. The topological polar surface area (TPSA) is 84.0 Å². The number of Topliss-reactive ketones (excluding diaryl/α,β-unsaturated/α-hetero) is 1. The Labute approximate surface area is 161 Å². The van der Waals surface area contributed by atoms with Crippen LogP contribution >= 0.6 is 0 Å². The van der Waals surface area contributed by atoms with Crippen molar-refractivity contribution in [3.63, 3.8) is 0 Å². The average molecular weight is 383 g/mol. The first-order valence-electron chi connectivity index (χ1n) is 9.37. The number of carbonyl (C=O) groups excluding carboxylic acids is 1. The molecule has 0 fully saturated rings. The van der Waals surface area contributed by atoms with Gasteiger partial charge in [-0.15, -0.1) is 0 Å². The first kappa shape index (κ1) is 18.4. The number of halogens is 1. The number of fused-ring (bicyclic) bond motifs is 1. The summed E-state index contributed by atoms with van der Waals surface area (Å²) in [6, 6.07) is 5.82. The molecule has 2 N–H and O–H groups in total. The molecule has 4 rings (SSSR count). The molecule has 0 saturated heterocycles. The molecule has 0 bridgehead atoms. The van der Waals surface area contributed by atoms with E-state index in [1.807, 2.05) is 20.8 Å². The Bertz CT molecular complexity index is 1120. The fourth-order valence-corrected chi connectivity index (χ4v) is 4.35. The summed E-state index contributed by atoms with van der Waals surface area (Å²) in [5, 5.41) is 3.22. The van der Waals surface area contributed by atoms with Crippen LogP contribution in [0.25, 0.3) is 0 Å². The quantitative estimate of drug-likeness (QED) is 0.835. The summed E-state index contributed by atoms with van der Waals surface area (Å²) in [6.45, 7) is 6.21. The van der Waals surface area contributed by atoms with E-state index < -0.39 is 23.0 Å². The van der Waals surface area contributed by atoms with Crippen molar-refractivity contribution in [3.05, 3.63) is 73.3 Å². The lowest BCUT2D eigenvalue weighted by Gasteiger charge is -2.39. The zero-order chi connectivity index (χ0) is 20.2. The number of rotatable bonds is 2. The number of allylic oxidation sites excluding steroid dienone is 2. The molecular weight excluding hydrogens is 361 g/mol. The lowest BCUT2D eigenvalue weighted by molar-refractivity contribution is -0.118. The fourth-order valence-electron chi connectivity index (χ4n) is 4.35. The minimum absolute atomic E-state index is 0.0348. The van der Waals surface area contributed by atoms with E-state index >= 15 is 0 Å². The molecule has 1 aromatic carbocycles. The third kappa shape index (κ3) is 2.82. The Morgan fingerprint density at radius 2 is 1.82 bits per heavy atom. The molecule has 1 aliphatic heterocycles. The number of anilines is 1. The van der Waals surface area contributed by atoms with E-state index in [2.05, 4.69) is 10.3 Å². The number of nitrogens with one attached hydrogen (secondary N) is 2. The van der Waals surface area contributed by atoms with Crippen molar-refractivity contribution in [1.29, 1.82) is 0 Å². The number of nitrogens with zero attached hydrogens (tertiary/aromatic N) is 1. The monoisotopic (exact) mass is 383 g/mol. The molecule has 6 nitrogen and oxygen atoms in total. The second-order valence-electron chi connectivity index (χ2n) is 8.21. The largest absolute Gasteiger partial charge is 0.344 e. The molecule has 28 heavy (non-hydrogen) atoms. The molecule has 0 spiro atoms. The van der Waals surface area contributed by atoms with Gasteiger partial charge in [0.1, 0.15) is 11.6 Å². The van der Waals surface area contributed by atoms with Gasteiger partial charge in [-0.25, -0.2) is 9.18 Å². The van der Waals surface area contributed by atoms with Crippen LogP contribution < -0.4 is 16.6 Å². The van der Waals surface area contributed by atoms with E-state index in [1.165, 1.54) is 16.7 Å². The van der Waals surface area contributed by atoms with Crippen molar-refractivity contribution < 1.29 is 9.18 Å². The van der Waals surface area contributed by atoms with E-state index in [4.69, 9.17) is 0 Å². The van der Waals surface area contributed by atoms with Crippen molar-refractivity contribution in [1.82, 2.24) is 9.55 Å². The summed E-state index contributed by atoms with van der Waals surface area (Å²) in [7, 11) is 0. The highest BCUT2D eigenvalue weighted by Gasteiger charge is 2.42. The highest BCUT2D eigenvalue weighted by Crippen LogP contribution is 2.47. The van der Waals surface area contributed by atoms with Crippen LogP contribution in [0.1, 0.15) is 50.7 Å². The van der Waals surface area contributed by atoms with Gasteiger partial charge in [-0.3, -0.25) is 19.1 Å². The van der Waals surface area contributed by atoms with Gasteiger partial charge in [0.05, 0.1) is 5.56 Å². The molecule has 1 aromatic heterocycles. The van der Waals surface area contributed by atoms with Crippen LogP contribution in [0.2, 0.25) is 0 Å². The molecule has 0 radical (unpaired) electrons. The normalized spacial score (nSPS) is 20.4. The van der Waals surface area contributed by atoms with Crippen molar-refractivity contribution in [2.24, 2.45) is 5.41 Å². The molecule has 146 valence electrons. The molecule has 7 heteroatoms. The van der Waals surface area contributed by atoms with Crippen molar-refractivity contribution in [3.8, 4) is 0 Å². The molecule has 1 atom stereocenters. The summed E-state index contributed by atoms with van der Waals surface area (Å²) in [5.41, 5.74) is 0.974. The van der Waals surface area contributed by atoms with Crippen LogP contribution in [0.3, 0.4) is 0 Å². The lowest BCUT2D eigenvalue weighted by atomic mass is 9.69. The van der Waals surface area contributed by atoms with Gasteiger partial charge in [-0.1, -0.05) is 26.0 Å². The fraction of sp³-hybridized carbons (Fsp3) is 0.381. The number of hydrogen-bond acceptors (Lipinski definition) is 4. The van der Waals surface area contributed by atoms with Crippen LogP contribution in [0, 0.1) is 11.2 Å². The lowest BCUT2D eigenvalue weighted by Crippen LogP contribution is -2.41. The van der Waals surface area contributed by atoms with Crippen LogP contribution in [0.15, 0.2) is 45.1 Å². The first-order valence-corrected chi connectivity index (χ1v) is 9.37. The molecule has 0 amide bonds. The maximum Gasteiger partial charge on any atom is 0.329 e. The Morgan fingerprint density at radius 1 is 1.14 bits per heavy atom. The predicted octanol–water partition coefficient (Wildman–Crippen LogP) is 2.90. The summed E-state index contributed by atoms with van der Waals surface area (Å²) in [4.78, 5) is 40.6. The number of aromatic nitrogens is 2.